The molecule has 0 aliphatic carbocycles. The van der Waals surface area contributed by atoms with Crippen molar-refractivity contribution >= 4 is 5.96 Å². The highest BCUT2D eigenvalue weighted by Gasteiger charge is 2.00. The lowest BCUT2D eigenvalue weighted by Crippen LogP contribution is -2.39. The molecular formula is C21H33N5O. The molecule has 0 spiro atoms. The Morgan fingerprint density at radius 3 is 2.59 bits per heavy atom. The van der Waals surface area contributed by atoms with E-state index in [9.17, 15) is 0 Å². The Labute approximate surface area is 163 Å². The number of nitrogens with one attached hydrogen (secondary N) is 2. The van der Waals surface area contributed by atoms with Crippen molar-refractivity contribution in [1.29, 1.82) is 0 Å². The Bertz CT molecular complexity index is 650. The summed E-state index contributed by atoms with van der Waals surface area (Å²) in [6.45, 7) is 11.1. The number of ether oxygens (including phenoxy) is 1. The molecule has 0 aliphatic heterocycles. The van der Waals surface area contributed by atoms with Crippen molar-refractivity contribution in [3.05, 3.63) is 54.1 Å². The van der Waals surface area contributed by atoms with Gasteiger partial charge in [-0.05, 0) is 30.4 Å². The summed E-state index contributed by atoms with van der Waals surface area (Å²) in [6, 6.07) is 8.56. The Balaban J connectivity index is 1.75. The second-order valence-corrected chi connectivity index (χ2v) is 6.97. The van der Waals surface area contributed by atoms with Gasteiger partial charge in [0, 0.05) is 38.6 Å². The van der Waals surface area contributed by atoms with Crippen LogP contribution in [0.5, 0.6) is 0 Å². The highest BCUT2D eigenvalue weighted by molar-refractivity contribution is 5.79. The third kappa shape index (κ3) is 8.73. The van der Waals surface area contributed by atoms with Crippen LogP contribution < -0.4 is 10.6 Å². The lowest BCUT2D eigenvalue weighted by Gasteiger charge is -2.12. The quantitative estimate of drug-likeness (QED) is 0.362. The molecule has 0 saturated heterocycles. The van der Waals surface area contributed by atoms with E-state index < -0.39 is 0 Å². The fourth-order valence-electron chi connectivity index (χ4n) is 2.52. The maximum absolute atomic E-state index is 5.64. The van der Waals surface area contributed by atoms with Crippen molar-refractivity contribution in [2.45, 2.75) is 40.3 Å². The molecule has 0 fully saturated rings. The van der Waals surface area contributed by atoms with Gasteiger partial charge in [0.1, 0.15) is 0 Å². The molecule has 0 aliphatic rings. The van der Waals surface area contributed by atoms with Crippen molar-refractivity contribution in [2.24, 2.45) is 10.9 Å². The van der Waals surface area contributed by atoms with E-state index in [1.54, 1.807) is 6.20 Å². The predicted molar refractivity (Wildman–Crippen MR) is 111 cm³/mol. The number of hydrogen-bond donors (Lipinski definition) is 2. The summed E-state index contributed by atoms with van der Waals surface area (Å²) in [5.41, 5.74) is 2.44. The van der Waals surface area contributed by atoms with Crippen LogP contribution in [0.15, 0.2) is 48.0 Å². The first kappa shape index (κ1) is 21.0. The third-order valence-corrected chi connectivity index (χ3v) is 4.09. The lowest BCUT2D eigenvalue weighted by atomic mass is 10.1. The molecule has 0 amide bonds. The van der Waals surface area contributed by atoms with Gasteiger partial charge in [0.15, 0.2) is 5.96 Å². The molecule has 0 atom stereocenters. The molecule has 1 aromatic heterocycles. The second kappa shape index (κ2) is 12.1. The predicted octanol–water partition coefficient (Wildman–Crippen LogP) is 3.05. The summed E-state index contributed by atoms with van der Waals surface area (Å²) < 4.78 is 7.70. The van der Waals surface area contributed by atoms with Crippen LogP contribution in [0.4, 0.5) is 0 Å². The minimum absolute atomic E-state index is 0.648. The molecule has 2 N–H and O–H groups in total. The Morgan fingerprint density at radius 1 is 1.15 bits per heavy atom. The Hall–Kier alpha value is -2.34. The fraction of sp³-hybridized carbons (Fsp3) is 0.524. The van der Waals surface area contributed by atoms with Gasteiger partial charge >= 0.3 is 0 Å². The SMILES string of the molecule is CCNC(=NCc1ccc(Cn2ccnc2)cc1)NCCOCCC(C)C. The molecule has 27 heavy (non-hydrogen) atoms. The monoisotopic (exact) mass is 371 g/mol. The highest BCUT2D eigenvalue weighted by atomic mass is 16.5. The van der Waals surface area contributed by atoms with E-state index in [0.29, 0.717) is 19.1 Å². The van der Waals surface area contributed by atoms with Crippen LogP contribution in [0, 0.1) is 5.92 Å². The summed E-state index contributed by atoms with van der Waals surface area (Å²) in [5, 5.41) is 6.60. The minimum Gasteiger partial charge on any atom is -0.380 e. The molecule has 6 nitrogen and oxygen atoms in total. The molecule has 1 aromatic carbocycles. The van der Waals surface area contributed by atoms with Gasteiger partial charge in [-0.15, -0.1) is 0 Å². The van der Waals surface area contributed by atoms with Gasteiger partial charge in [-0.1, -0.05) is 38.1 Å². The van der Waals surface area contributed by atoms with Gasteiger partial charge < -0.3 is 19.9 Å². The van der Waals surface area contributed by atoms with Crippen molar-refractivity contribution in [1.82, 2.24) is 20.2 Å². The van der Waals surface area contributed by atoms with Crippen molar-refractivity contribution in [2.75, 3.05) is 26.3 Å². The zero-order valence-electron chi connectivity index (χ0n) is 16.8. The molecule has 2 rings (SSSR count). The van der Waals surface area contributed by atoms with Crippen LogP contribution >= 0.6 is 0 Å². The molecule has 6 heteroatoms. The number of aromatic nitrogens is 2. The van der Waals surface area contributed by atoms with E-state index in [1.165, 1.54) is 11.1 Å². The standard InChI is InChI=1S/C21H33N5O/c1-4-23-21(24-11-14-27-13-9-18(2)3)25-15-19-5-7-20(8-6-19)16-26-12-10-22-17-26/h5-8,10,12,17-18H,4,9,11,13-16H2,1-3H3,(H2,23,24,25). The minimum atomic E-state index is 0.648. The van der Waals surface area contributed by atoms with E-state index in [-0.39, 0.29) is 0 Å². The summed E-state index contributed by atoms with van der Waals surface area (Å²) in [5.74, 6) is 1.51. The van der Waals surface area contributed by atoms with E-state index in [2.05, 4.69) is 70.2 Å². The first-order valence-corrected chi connectivity index (χ1v) is 9.81. The van der Waals surface area contributed by atoms with Crippen LogP contribution in [0.25, 0.3) is 0 Å². The molecule has 0 bridgehead atoms. The first-order valence-electron chi connectivity index (χ1n) is 9.81. The molecule has 1 heterocycles. The van der Waals surface area contributed by atoms with Gasteiger partial charge in [-0.3, -0.25) is 0 Å². The van der Waals surface area contributed by atoms with E-state index in [0.717, 1.165) is 38.6 Å². The van der Waals surface area contributed by atoms with Gasteiger partial charge in [0.25, 0.3) is 0 Å². The van der Waals surface area contributed by atoms with E-state index in [4.69, 9.17) is 4.74 Å². The number of guanidine groups is 1. The average molecular weight is 372 g/mol. The molecule has 0 saturated carbocycles. The van der Waals surface area contributed by atoms with Crippen LogP contribution in [0.1, 0.15) is 38.3 Å². The van der Waals surface area contributed by atoms with Gasteiger partial charge in [0.2, 0.25) is 0 Å². The van der Waals surface area contributed by atoms with Crippen molar-refractivity contribution < 1.29 is 4.74 Å². The zero-order chi connectivity index (χ0) is 19.3. The molecule has 148 valence electrons. The number of nitrogens with zero attached hydrogens (tertiary/aromatic N) is 3. The molecule has 2 aromatic rings. The Kier molecular flexibility index (Phi) is 9.41. The topological polar surface area (TPSA) is 63.5 Å². The first-order chi connectivity index (χ1) is 13.2. The summed E-state index contributed by atoms with van der Waals surface area (Å²) in [6.07, 6.45) is 6.71. The number of rotatable bonds is 11. The van der Waals surface area contributed by atoms with Crippen molar-refractivity contribution in [3.8, 4) is 0 Å². The summed E-state index contributed by atoms with van der Waals surface area (Å²) in [7, 11) is 0. The fourth-order valence-corrected chi connectivity index (χ4v) is 2.52. The molecule has 0 radical (unpaired) electrons. The van der Waals surface area contributed by atoms with Crippen LogP contribution in [0.2, 0.25) is 0 Å². The number of aliphatic imine (C=N–C) groups is 1. The maximum atomic E-state index is 5.64. The number of benzene rings is 1. The number of imidazole rings is 1. The average Bonchev–Trinajstić information content (AvgIpc) is 3.16. The largest absolute Gasteiger partial charge is 0.380 e. The smallest absolute Gasteiger partial charge is 0.191 e. The normalized spacial score (nSPS) is 11.8. The molecular weight excluding hydrogens is 338 g/mol. The van der Waals surface area contributed by atoms with Crippen LogP contribution in [-0.2, 0) is 17.8 Å². The second-order valence-electron chi connectivity index (χ2n) is 6.97. The van der Waals surface area contributed by atoms with Gasteiger partial charge in [0.05, 0.1) is 19.5 Å². The third-order valence-electron chi connectivity index (χ3n) is 4.09. The highest BCUT2D eigenvalue weighted by Crippen LogP contribution is 2.07. The van der Waals surface area contributed by atoms with Crippen LogP contribution in [0.3, 0.4) is 0 Å². The molecule has 0 unspecified atom stereocenters. The van der Waals surface area contributed by atoms with Crippen molar-refractivity contribution in [3.63, 3.8) is 0 Å². The summed E-state index contributed by atoms with van der Waals surface area (Å²) in [4.78, 5) is 8.73. The van der Waals surface area contributed by atoms with E-state index in [1.807, 2.05) is 12.5 Å². The summed E-state index contributed by atoms with van der Waals surface area (Å²) >= 11 is 0. The number of hydrogen-bond acceptors (Lipinski definition) is 3. The lowest BCUT2D eigenvalue weighted by molar-refractivity contribution is 0.128. The zero-order valence-corrected chi connectivity index (χ0v) is 16.8. The Morgan fingerprint density at radius 2 is 1.93 bits per heavy atom. The van der Waals surface area contributed by atoms with Crippen LogP contribution in [-0.4, -0.2) is 41.8 Å². The van der Waals surface area contributed by atoms with Gasteiger partial charge in [-0.2, -0.15) is 0 Å². The van der Waals surface area contributed by atoms with Gasteiger partial charge in [-0.25, -0.2) is 9.98 Å². The maximum Gasteiger partial charge on any atom is 0.191 e. The van der Waals surface area contributed by atoms with E-state index >= 15 is 0 Å².